The first-order valence-corrected chi connectivity index (χ1v) is 3.02. The summed E-state index contributed by atoms with van der Waals surface area (Å²) in [6.07, 6.45) is 0. The standard InChI is InChI=1S/C4H6O2S/c1-2-3-4-7(5)6/h4H2,1H3,(H,5,6). The summed E-state index contributed by atoms with van der Waals surface area (Å²) in [5, 5.41) is 0. The molecular formula is C4H6O2S. The molecule has 0 aliphatic heterocycles. The van der Waals surface area contributed by atoms with Crippen LogP contribution in [0.5, 0.6) is 0 Å². The van der Waals surface area contributed by atoms with Crippen LogP contribution < -0.4 is 0 Å². The molecule has 1 atom stereocenters. The van der Waals surface area contributed by atoms with E-state index < -0.39 is 11.1 Å². The van der Waals surface area contributed by atoms with Crippen LogP contribution in [0.1, 0.15) is 6.92 Å². The van der Waals surface area contributed by atoms with E-state index in [-0.39, 0.29) is 5.75 Å². The largest absolute Gasteiger partial charge is 0.305 e. The van der Waals surface area contributed by atoms with Gasteiger partial charge in [0.05, 0.1) is 0 Å². The van der Waals surface area contributed by atoms with Gasteiger partial charge < -0.3 is 4.55 Å². The second kappa shape index (κ2) is 3.85. The van der Waals surface area contributed by atoms with Gasteiger partial charge in [0.2, 0.25) is 0 Å². The van der Waals surface area contributed by atoms with Crippen molar-refractivity contribution in [3.63, 3.8) is 0 Å². The van der Waals surface area contributed by atoms with Crippen molar-refractivity contribution in [2.24, 2.45) is 0 Å². The van der Waals surface area contributed by atoms with E-state index in [1.54, 1.807) is 6.92 Å². The van der Waals surface area contributed by atoms with Crippen molar-refractivity contribution in [3.8, 4) is 11.8 Å². The molecule has 0 heterocycles. The smallest absolute Gasteiger partial charge is 0.165 e. The first-order valence-electron chi connectivity index (χ1n) is 1.74. The van der Waals surface area contributed by atoms with E-state index in [9.17, 15) is 4.21 Å². The van der Waals surface area contributed by atoms with Crippen molar-refractivity contribution in [1.29, 1.82) is 0 Å². The highest BCUT2D eigenvalue weighted by Crippen LogP contribution is 1.66. The molecule has 0 saturated carbocycles. The molecule has 0 spiro atoms. The van der Waals surface area contributed by atoms with E-state index in [0.717, 1.165) is 0 Å². The van der Waals surface area contributed by atoms with Gasteiger partial charge in [-0.1, -0.05) is 5.92 Å². The minimum atomic E-state index is -1.74. The van der Waals surface area contributed by atoms with Crippen LogP contribution in [0.15, 0.2) is 0 Å². The average Bonchev–Trinajstić information content (AvgIpc) is 1.61. The third-order valence-corrected chi connectivity index (χ3v) is 0.764. The van der Waals surface area contributed by atoms with Crippen LogP contribution in [0.4, 0.5) is 0 Å². The molecule has 0 aromatic heterocycles. The lowest BCUT2D eigenvalue weighted by molar-refractivity contribution is 0.568. The maximum atomic E-state index is 9.77. The van der Waals surface area contributed by atoms with Crippen molar-refractivity contribution in [1.82, 2.24) is 0 Å². The first-order chi connectivity index (χ1) is 3.27. The van der Waals surface area contributed by atoms with Crippen molar-refractivity contribution < 1.29 is 8.76 Å². The van der Waals surface area contributed by atoms with Gasteiger partial charge in [0.15, 0.2) is 11.1 Å². The molecule has 1 N–H and O–H groups in total. The fourth-order valence-electron chi connectivity index (χ4n) is 0.134. The number of hydrogen-bond acceptors (Lipinski definition) is 1. The van der Waals surface area contributed by atoms with Crippen LogP contribution in [-0.2, 0) is 11.1 Å². The molecule has 0 amide bonds. The normalized spacial score (nSPS) is 11.7. The second-order valence-electron chi connectivity index (χ2n) is 0.893. The zero-order valence-corrected chi connectivity index (χ0v) is 4.79. The minimum Gasteiger partial charge on any atom is -0.305 e. The highest BCUT2D eigenvalue weighted by atomic mass is 32.2. The third-order valence-electron chi connectivity index (χ3n) is 0.372. The van der Waals surface area contributed by atoms with E-state index in [4.69, 9.17) is 4.55 Å². The Morgan fingerprint density at radius 2 is 2.43 bits per heavy atom. The van der Waals surface area contributed by atoms with E-state index in [2.05, 4.69) is 11.8 Å². The molecule has 1 unspecified atom stereocenters. The Balaban J connectivity index is 3.26. The predicted molar refractivity (Wildman–Crippen MR) is 29.1 cm³/mol. The van der Waals surface area contributed by atoms with Gasteiger partial charge in [-0.3, -0.25) is 0 Å². The summed E-state index contributed by atoms with van der Waals surface area (Å²) in [5.41, 5.74) is 0. The topological polar surface area (TPSA) is 37.3 Å². The lowest BCUT2D eigenvalue weighted by Gasteiger charge is -1.75. The van der Waals surface area contributed by atoms with E-state index in [1.165, 1.54) is 0 Å². The Hall–Kier alpha value is -0.330. The fraction of sp³-hybridized carbons (Fsp3) is 0.500. The van der Waals surface area contributed by atoms with E-state index in [0.29, 0.717) is 0 Å². The summed E-state index contributed by atoms with van der Waals surface area (Å²) < 4.78 is 17.8. The zero-order chi connectivity index (χ0) is 5.70. The Morgan fingerprint density at radius 1 is 1.86 bits per heavy atom. The van der Waals surface area contributed by atoms with Crippen LogP contribution in [0.25, 0.3) is 0 Å². The van der Waals surface area contributed by atoms with Gasteiger partial charge >= 0.3 is 0 Å². The summed E-state index contributed by atoms with van der Waals surface area (Å²) >= 11 is -1.74. The monoisotopic (exact) mass is 118 g/mol. The lowest BCUT2D eigenvalue weighted by Crippen LogP contribution is -1.88. The minimum absolute atomic E-state index is 0.0660. The highest BCUT2D eigenvalue weighted by molar-refractivity contribution is 7.79. The molecule has 0 fully saturated rings. The summed E-state index contributed by atoms with van der Waals surface area (Å²) in [5.74, 6) is 5.01. The zero-order valence-electron chi connectivity index (χ0n) is 3.97. The molecule has 0 saturated heterocycles. The molecule has 2 nitrogen and oxygen atoms in total. The van der Waals surface area contributed by atoms with Gasteiger partial charge in [-0.15, -0.1) is 5.92 Å². The molecule has 0 radical (unpaired) electrons. The molecule has 0 aliphatic rings. The predicted octanol–water partition coefficient (Wildman–Crippen LogP) is 0.231. The summed E-state index contributed by atoms with van der Waals surface area (Å²) in [4.78, 5) is 0. The van der Waals surface area contributed by atoms with Crippen molar-refractivity contribution in [3.05, 3.63) is 0 Å². The van der Waals surface area contributed by atoms with Gasteiger partial charge in [-0.2, -0.15) is 0 Å². The Labute approximate surface area is 45.2 Å². The van der Waals surface area contributed by atoms with Crippen LogP contribution in [0, 0.1) is 11.8 Å². The van der Waals surface area contributed by atoms with Crippen LogP contribution in [0.2, 0.25) is 0 Å². The summed E-state index contributed by atoms with van der Waals surface area (Å²) in [6, 6.07) is 0. The lowest BCUT2D eigenvalue weighted by atomic mass is 10.7. The molecule has 0 aromatic rings. The Kier molecular flexibility index (Phi) is 3.67. The van der Waals surface area contributed by atoms with Crippen LogP contribution in [-0.4, -0.2) is 14.5 Å². The molecule has 0 aliphatic carbocycles. The van der Waals surface area contributed by atoms with Crippen molar-refractivity contribution >= 4 is 11.1 Å². The Morgan fingerprint density at radius 3 is 2.57 bits per heavy atom. The molecule has 0 bridgehead atoms. The highest BCUT2D eigenvalue weighted by Gasteiger charge is 1.81. The molecule has 0 aromatic carbocycles. The van der Waals surface area contributed by atoms with Crippen molar-refractivity contribution in [2.75, 3.05) is 5.75 Å². The van der Waals surface area contributed by atoms with Gasteiger partial charge in [0.25, 0.3) is 0 Å². The quantitative estimate of drug-likeness (QED) is 0.395. The van der Waals surface area contributed by atoms with Gasteiger partial charge in [-0.05, 0) is 6.92 Å². The van der Waals surface area contributed by atoms with E-state index in [1.807, 2.05) is 0 Å². The first kappa shape index (κ1) is 6.67. The fourth-order valence-corrected chi connectivity index (χ4v) is 0.402. The Bertz CT molecular complexity index is 119. The molecule has 3 heteroatoms. The maximum absolute atomic E-state index is 9.77. The summed E-state index contributed by atoms with van der Waals surface area (Å²) in [7, 11) is 0. The molecule has 40 valence electrons. The molecule has 0 rings (SSSR count). The van der Waals surface area contributed by atoms with Gasteiger partial charge in [-0.25, -0.2) is 4.21 Å². The average molecular weight is 118 g/mol. The maximum Gasteiger partial charge on any atom is 0.165 e. The van der Waals surface area contributed by atoms with Crippen molar-refractivity contribution in [2.45, 2.75) is 6.92 Å². The molecular weight excluding hydrogens is 112 g/mol. The number of rotatable bonds is 1. The third kappa shape index (κ3) is 5.67. The van der Waals surface area contributed by atoms with Crippen LogP contribution >= 0.6 is 0 Å². The molecule has 7 heavy (non-hydrogen) atoms. The SMILES string of the molecule is CC#CCS(=O)O. The number of hydrogen-bond donors (Lipinski definition) is 1. The van der Waals surface area contributed by atoms with E-state index >= 15 is 0 Å². The summed E-state index contributed by atoms with van der Waals surface area (Å²) in [6.45, 7) is 1.63. The van der Waals surface area contributed by atoms with Gasteiger partial charge in [0.1, 0.15) is 5.75 Å². The van der Waals surface area contributed by atoms with Crippen LogP contribution in [0.3, 0.4) is 0 Å². The second-order valence-corrected chi connectivity index (χ2v) is 1.82. The van der Waals surface area contributed by atoms with Gasteiger partial charge in [0, 0.05) is 0 Å².